The van der Waals surface area contributed by atoms with Crippen molar-refractivity contribution < 1.29 is 14.3 Å². The highest BCUT2D eigenvalue weighted by atomic mass is 35.5. The molecule has 0 aliphatic carbocycles. The molecule has 2 N–H and O–H groups in total. The molecule has 23 heavy (non-hydrogen) atoms. The van der Waals surface area contributed by atoms with E-state index < -0.39 is 11.8 Å². The smallest absolute Gasteiger partial charge is 0.407 e. The molecule has 0 aromatic carbocycles. The Balaban J connectivity index is 1.79. The summed E-state index contributed by atoms with van der Waals surface area (Å²) in [5.41, 5.74) is -0.611. The molecule has 1 amide bonds. The third-order valence-corrected chi connectivity index (χ3v) is 3.99. The molecule has 3 rings (SSSR count). The second-order valence-corrected chi connectivity index (χ2v) is 5.92. The third kappa shape index (κ3) is 3.42. The van der Waals surface area contributed by atoms with Gasteiger partial charge >= 0.3 is 6.09 Å². The van der Waals surface area contributed by atoms with Gasteiger partial charge in [-0.15, -0.1) is 0 Å². The number of hydrogen-bond acceptors (Lipinski definition) is 5. The maximum atomic E-state index is 14.9. The van der Waals surface area contributed by atoms with Crippen molar-refractivity contribution >= 4 is 34.5 Å². The van der Waals surface area contributed by atoms with E-state index in [4.69, 9.17) is 16.7 Å². The number of rotatable bonds is 3. The molecule has 2 aromatic heterocycles. The molecule has 0 saturated carbocycles. The van der Waals surface area contributed by atoms with Crippen molar-refractivity contribution in [2.24, 2.45) is 0 Å². The normalized spacial score (nSPS) is 21.4. The van der Waals surface area contributed by atoms with E-state index in [1.807, 2.05) is 0 Å². The number of fused-ring (bicyclic) bond motifs is 1. The van der Waals surface area contributed by atoms with Crippen molar-refractivity contribution in [3.8, 4) is 0 Å². The first-order chi connectivity index (χ1) is 11.0. The van der Waals surface area contributed by atoms with Crippen LogP contribution in [0.3, 0.4) is 0 Å². The van der Waals surface area contributed by atoms with Crippen molar-refractivity contribution in [1.29, 1.82) is 0 Å². The number of carboxylic acid groups (broad SMARTS) is 1. The second-order valence-electron chi connectivity index (χ2n) is 5.53. The van der Waals surface area contributed by atoms with Gasteiger partial charge in [-0.2, -0.15) is 0 Å². The lowest BCUT2D eigenvalue weighted by Gasteiger charge is -2.36. The fraction of sp³-hybridized carbons (Fsp3) is 0.429. The maximum absolute atomic E-state index is 14.9. The van der Waals surface area contributed by atoms with Crippen LogP contribution in [0.1, 0.15) is 12.8 Å². The predicted molar refractivity (Wildman–Crippen MR) is 83.5 cm³/mol. The molecule has 0 unspecified atom stereocenters. The van der Waals surface area contributed by atoms with Gasteiger partial charge in [0.1, 0.15) is 16.3 Å². The first-order valence-electron chi connectivity index (χ1n) is 7.15. The van der Waals surface area contributed by atoms with Gasteiger partial charge in [-0.3, -0.25) is 4.98 Å². The summed E-state index contributed by atoms with van der Waals surface area (Å²) < 4.78 is 14.9. The Labute approximate surface area is 136 Å². The van der Waals surface area contributed by atoms with E-state index in [0.717, 1.165) is 4.90 Å². The van der Waals surface area contributed by atoms with Gasteiger partial charge in [-0.05, 0) is 12.8 Å². The lowest BCUT2D eigenvalue weighted by molar-refractivity contribution is 0.0537. The number of pyridine rings is 1. The minimum atomic E-state index is -1.66. The van der Waals surface area contributed by atoms with E-state index >= 15 is 0 Å². The average molecular weight is 340 g/mol. The molecule has 1 saturated heterocycles. The Morgan fingerprint density at radius 3 is 3.04 bits per heavy atom. The zero-order valence-electron chi connectivity index (χ0n) is 12.2. The van der Waals surface area contributed by atoms with Crippen molar-refractivity contribution in [1.82, 2.24) is 19.9 Å². The Morgan fingerprint density at radius 2 is 2.26 bits per heavy atom. The number of carbonyl (C=O) groups is 1. The first kappa shape index (κ1) is 15.7. The summed E-state index contributed by atoms with van der Waals surface area (Å²) in [5.74, 6) is 0.338. The molecule has 0 spiro atoms. The van der Waals surface area contributed by atoms with Crippen LogP contribution in [0.15, 0.2) is 18.5 Å². The summed E-state index contributed by atoms with van der Waals surface area (Å²) in [5, 5.41) is 12.2. The number of alkyl halides is 1. The summed E-state index contributed by atoms with van der Waals surface area (Å²) in [6.45, 7) is 0.111. The van der Waals surface area contributed by atoms with Crippen LogP contribution in [-0.4, -0.2) is 56.4 Å². The second kappa shape index (κ2) is 6.11. The van der Waals surface area contributed by atoms with E-state index in [0.29, 0.717) is 29.8 Å². The zero-order valence-corrected chi connectivity index (χ0v) is 12.9. The topological polar surface area (TPSA) is 91.2 Å². The number of likely N-dealkylation sites (tertiary alicyclic amines) is 1. The first-order valence-corrected chi connectivity index (χ1v) is 7.53. The number of hydrogen-bond donors (Lipinski definition) is 2. The maximum Gasteiger partial charge on any atom is 0.407 e. The van der Waals surface area contributed by atoms with Gasteiger partial charge in [0.05, 0.1) is 18.6 Å². The highest BCUT2D eigenvalue weighted by Gasteiger charge is 2.37. The molecule has 1 aliphatic heterocycles. The van der Waals surface area contributed by atoms with E-state index in [1.54, 1.807) is 6.07 Å². The monoisotopic (exact) mass is 339 g/mol. The molecule has 3 heterocycles. The van der Waals surface area contributed by atoms with Crippen LogP contribution in [0.25, 0.3) is 11.0 Å². The largest absolute Gasteiger partial charge is 0.465 e. The van der Waals surface area contributed by atoms with Crippen LogP contribution in [-0.2, 0) is 0 Å². The molecular formula is C14H15ClFN5O2. The zero-order chi connectivity index (χ0) is 16.4. The molecular weight excluding hydrogens is 325 g/mol. The quantitative estimate of drug-likeness (QED) is 0.835. The minimum Gasteiger partial charge on any atom is -0.465 e. The Hall–Kier alpha value is -2.22. The van der Waals surface area contributed by atoms with Crippen LogP contribution in [0.2, 0.25) is 5.15 Å². The van der Waals surface area contributed by atoms with Gasteiger partial charge in [-0.1, -0.05) is 11.6 Å². The highest BCUT2D eigenvalue weighted by Crippen LogP contribution is 2.27. The Kier molecular flexibility index (Phi) is 4.16. The number of nitrogens with zero attached hydrogens (tertiary/aromatic N) is 4. The molecule has 0 radical (unpaired) electrons. The molecule has 1 aliphatic rings. The van der Waals surface area contributed by atoms with Gasteiger partial charge in [0.15, 0.2) is 5.82 Å². The lowest BCUT2D eigenvalue weighted by Crippen LogP contribution is -2.50. The average Bonchev–Trinajstić information content (AvgIpc) is 2.52. The van der Waals surface area contributed by atoms with Crippen molar-refractivity contribution in [2.75, 3.05) is 25.0 Å². The molecule has 7 nitrogen and oxygen atoms in total. The fourth-order valence-corrected chi connectivity index (χ4v) is 2.89. The van der Waals surface area contributed by atoms with Gasteiger partial charge < -0.3 is 15.3 Å². The van der Waals surface area contributed by atoms with E-state index in [-0.39, 0.29) is 24.7 Å². The van der Waals surface area contributed by atoms with Crippen LogP contribution < -0.4 is 5.32 Å². The predicted octanol–water partition coefficient (Wildman–Crippen LogP) is 2.57. The standard InChI is InChI=1S/C14H15ClFN5O2/c15-10-6-9-11(18-4-3-17-9)12(20-10)19-7-14(16)2-1-5-21(8-14)13(22)23/h3-4,6H,1-2,5,7-8H2,(H,19,20)(H,22,23)/t14-/m1/s1. The fourth-order valence-electron chi connectivity index (χ4n) is 2.70. The van der Waals surface area contributed by atoms with Crippen LogP contribution in [0, 0.1) is 0 Å². The number of amides is 1. The Bertz CT molecular complexity index is 746. The number of halogens is 2. The summed E-state index contributed by atoms with van der Waals surface area (Å²) in [7, 11) is 0. The molecule has 9 heteroatoms. The SMILES string of the molecule is O=C(O)N1CCC[C@@](F)(CNc2nc(Cl)cc3nccnc23)C1. The van der Waals surface area contributed by atoms with Gasteiger partial charge in [0.2, 0.25) is 0 Å². The number of nitrogens with one attached hydrogen (secondary N) is 1. The number of piperidine rings is 1. The third-order valence-electron chi connectivity index (χ3n) is 3.80. The number of anilines is 1. The van der Waals surface area contributed by atoms with Crippen LogP contribution in [0.5, 0.6) is 0 Å². The molecule has 0 bridgehead atoms. The van der Waals surface area contributed by atoms with Crippen LogP contribution in [0.4, 0.5) is 15.0 Å². The van der Waals surface area contributed by atoms with Gasteiger partial charge in [-0.25, -0.2) is 19.2 Å². The van der Waals surface area contributed by atoms with Crippen molar-refractivity contribution in [3.05, 3.63) is 23.6 Å². The van der Waals surface area contributed by atoms with Crippen molar-refractivity contribution in [2.45, 2.75) is 18.5 Å². The van der Waals surface area contributed by atoms with E-state index in [2.05, 4.69) is 20.3 Å². The molecule has 122 valence electrons. The van der Waals surface area contributed by atoms with Gasteiger partial charge in [0, 0.05) is 25.0 Å². The van der Waals surface area contributed by atoms with E-state index in [1.165, 1.54) is 12.4 Å². The highest BCUT2D eigenvalue weighted by molar-refractivity contribution is 6.30. The summed E-state index contributed by atoms with van der Waals surface area (Å²) >= 11 is 5.95. The molecule has 2 aromatic rings. The molecule has 1 fully saturated rings. The van der Waals surface area contributed by atoms with E-state index in [9.17, 15) is 9.18 Å². The molecule has 1 atom stereocenters. The number of aromatic nitrogens is 3. The summed E-state index contributed by atoms with van der Waals surface area (Å²) in [6.07, 6.45) is 2.71. The van der Waals surface area contributed by atoms with Gasteiger partial charge in [0.25, 0.3) is 0 Å². The minimum absolute atomic E-state index is 0.0736. The Morgan fingerprint density at radius 1 is 1.48 bits per heavy atom. The summed E-state index contributed by atoms with van der Waals surface area (Å²) in [6, 6.07) is 1.58. The lowest BCUT2D eigenvalue weighted by atomic mass is 9.95. The van der Waals surface area contributed by atoms with Crippen molar-refractivity contribution in [3.63, 3.8) is 0 Å². The summed E-state index contributed by atoms with van der Waals surface area (Å²) in [4.78, 5) is 24.6. The van der Waals surface area contributed by atoms with Crippen LogP contribution >= 0.6 is 11.6 Å².